The topological polar surface area (TPSA) is 29.9 Å². The molecule has 0 spiro atoms. The van der Waals surface area contributed by atoms with Crippen molar-refractivity contribution in [2.24, 2.45) is 0 Å². The Hall–Kier alpha value is -1.39. The molecule has 0 fully saturated rings. The van der Waals surface area contributed by atoms with Gasteiger partial charge in [-0.1, -0.05) is 18.5 Å². The van der Waals surface area contributed by atoms with Crippen LogP contribution in [0.2, 0.25) is 5.02 Å². The van der Waals surface area contributed by atoms with Crippen LogP contribution in [0.4, 0.5) is 4.39 Å². The zero-order valence-electron chi connectivity index (χ0n) is 11.1. The van der Waals surface area contributed by atoms with E-state index in [-0.39, 0.29) is 5.82 Å². The van der Waals surface area contributed by atoms with Gasteiger partial charge in [0.1, 0.15) is 5.82 Å². The molecule has 1 N–H and O–H groups in total. The van der Waals surface area contributed by atoms with E-state index in [2.05, 4.69) is 17.3 Å². The van der Waals surface area contributed by atoms with Crippen molar-refractivity contribution in [2.75, 3.05) is 6.54 Å². The minimum Gasteiger partial charge on any atom is -0.313 e. The third-order valence-corrected chi connectivity index (χ3v) is 3.19. The van der Waals surface area contributed by atoms with E-state index in [1.165, 1.54) is 6.07 Å². The Labute approximate surface area is 117 Å². The van der Waals surface area contributed by atoms with E-state index in [0.717, 1.165) is 24.3 Å². The average molecular weight is 282 g/mol. The van der Waals surface area contributed by atoms with Gasteiger partial charge in [-0.15, -0.1) is 0 Å². The van der Waals surface area contributed by atoms with Gasteiger partial charge in [0.15, 0.2) is 0 Å². The Morgan fingerprint density at radius 2 is 2.16 bits per heavy atom. The van der Waals surface area contributed by atoms with Crippen molar-refractivity contribution in [3.8, 4) is 0 Å². The Morgan fingerprint density at radius 3 is 2.89 bits per heavy atom. The molecule has 1 heterocycles. The van der Waals surface area contributed by atoms with Gasteiger partial charge in [-0.25, -0.2) is 4.39 Å². The van der Waals surface area contributed by atoms with E-state index in [1.807, 2.05) is 13.1 Å². The standard InChI is InChI=1S/C14H17ClFN3/c1-3-17-7-12-9-19(18-10(12)2)8-11-6-13(15)4-5-14(11)16/h4-6,9,17H,3,7-8H2,1-2H3. The van der Waals surface area contributed by atoms with Gasteiger partial charge in [-0.3, -0.25) is 4.68 Å². The third kappa shape index (κ3) is 3.55. The number of nitrogens with one attached hydrogen (secondary N) is 1. The van der Waals surface area contributed by atoms with E-state index in [4.69, 9.17) is 11.6 Å². The van der Waals surface area contributed by atoms with Crippen molar-refractivity contribution in [3.63, 3.8) is 0 Å². The number of aromatic nitrogens is 2. The van der Waals surface area contributed by atoms with Crippen molar-refractivity contribution >= 4 is 11.6 Å². The van der Waals surface area contributed by atoms with Gasteiger partial charge < -0.3 is 5.32 Å². The van der Waals surface area contributed by atoms with Crippen molar-refractivity contribution in [2.45, 2.75) is 26.9 Å². The zero-order valence-corrected chi connectivity index (χ0v) is 11.8. The second kappa shape index (κ2) is 6.17. The van der Waals surface area contributed by atoms with Gasteiger partial charge >= 0.3 is 0 Å². The number of hydrogen-bond acceptors (Lipinski definition) is 2. The lowest BCUT2D eigenvalue weighted by Gasteiger charge is -2.04. The molecule has 102 valence electrons. The average Bonchev–Trinajstić information content (AvgIpc) is 2.72. The first kappa shape index (κ1) is 14.0. The molecule has 2 aromatic rings. The van der Waals surface area contributed by atoms with E-state index in [1.54, 1.807) is 16.8 Å². The second-order valence-electron chi connectivity index (χ2n) is 4.45. The number of rotatable bonds is 5. The summed E-state index contributed by atoms with van der Waals surface area (Å²) in [4.78, 5) is 0. The summed E-state index contributed by atoms with van der Waals surface area (Å²) < 4.78 is 15.4. The molecule has 0 unspecified atom stereocenters. The highest BCUT2D eigenvalue weighted by molar-refractivity contribution is 6.30. The van der Waals surface area contributed by atoms with Gasteiger partial charge in [0.2, 0.25) is 0 Å². The monoisotopic (exact) mass is 281 g/mol. The van der Waals surface area contributed by atoms with E-state index >= 15 is 0 Å². The Balaban J connectivity index is 2.17. The molecule has 0 saturated heterocycles. The van der Waals surface area contributed by atoms with Crippen LogP contribution in [0.3, 0.4) is 0 Å². The molecule has 0 atom stereocenters. The summed E-state index contributed by atoms with van der Waals surface area (Å²) in [6, 6.07) is 4.57. The lowest BCUT2D eigenvalue weighted by Crippen LogP contribution is -2.11. The van der Waals surface area contributed by atoms with Crippen LogP contribution in [-0.2, 0) is 13.1 Å². The molecule has 0 radical (unpaired) electrons. The van der Waals surface area contributed by atoms with Gasteiger partial charge in [-0.2, -0.15) is 5.10 Å². The van der Waals surface area contributed by atoms with E-state index < -0.39 is 0 Å². The minimum absolute atomic E-state index is 0.259. The van der Waals surface area contributed by atoms with Crippen LogP contribution < -0.4 is 5.32 Å². The van der Waals surface area contributed by atoms with E-state index in [0.29, 0.717) is 17.1 Å². The predicted molar refractivity (Wildman–Crippen MR) is 74.9 cm³/mol. The molecule has 1 aromatic heterocycles. The first-order valence-electron chi connectivity index (χ1n) is 6.27. The Kier molecular flexibility index (Phi) is 4.56. The van der Waals surface area contributed by atoms with Crippen molar-refractivity contribution in [1.82, 2.24) is 15.1 Å². The largest absolute Gasteiger partial charge is 0.313 e. The lowest BCUT2D eigenvalue weighted by molar-refractivity contribution is 0.583. The lowest BCUT2D eigenvalue weighted by atomic mass is 10.2. The molecule has 1 aromatic carbocycles. The molecule has 0 bridgehead atoms. The summed E-state index contributed by atoms with van der Waals surface area (Å²) in [7, 11) is 0. The molecule has 5 heteroatoms. The SMILES string of the molecule is CCNCc1cn(Cc2cc(Cl)ccc2F)nc1C. The molecule has 0 aliphatic rings. The molecular weight excluding hydrogens is 265 g/mol. The highest BCUT2D eigenvalue weighted by atomic mass is 35.5. The number of nitrogens with zero attached hydrogens (tertiary/aromatic N) is 2. The predicted octanol–water partition coefficient (Wildman–Crippen LogP) is 3.14. The van der Waals surface area contributed by atoms with Gasteiger partial charge in [0.05, 0.1) is 12.2 Å². The first-order chi connectivity index (χ1) is 9.10. The van der Waals surface area contributed by atoms with E-state index in [9.17, 15) is 4.39 Å². The number of halogens is 2. The van der Waals surface area contributed by atoms with Crippen LogP contribution in [0, 0.1) is 12.7 Å². The maximum Gasteiger partial charge on any atom is 0.128 e. The number of aryl methyl sites for hydroxylation is 1. The summed E-state index contributed by atoms with van der Waals surface area (Å²) in [5, 5.41) is 8.19. The number of benzene rings is 1. The maximum atomic E-state index is 13.7. The molecule has 3 nitrogen and oxygen atoms in total. The molecule has 2 rings (SSSR count). The van der Waals surface area contributed by atoms with Crippen LogP contribution >= 0.6 is 11.6 Å². The highest BCUT2D eigenvalue weighted by Crippen LogP contribution is 2.16. The van der Waals surface area contributed by atoms with Crippen molar-refractivity contribution in [1.29, 1.82) is 0 Å². The minimum atomic E-state index is -0.259. The van der Waals surface area contributed by atoms with Gasteiger partial charge in [-0.05, 0) is 31.7 Å². The van der Waals surface area contributed by atoms with Crippen LogP contribution in [-0.4, -0.2) is 16.3 Å². The molecular formula is C14H17ClFN3. The fourth-order valence-corrected chi connectivity index (χ4v) is 2.11. The number of hydrogen-bond donors (Lipinski definition) is 1. The van der Waals surface area contributed by atoms with Crippen LogP contribution in [0.15, 0.2) is 24.4 Å². The van der Waals surface area contributed by atoms with Gasteiger partial charge in [0, 0.05) is 28.9 Å². The quantitative estimate of drug-likeness (QED) is 0.912. The molecule has 0 saturated carbocycles. The molecule has 0 aliphatic heterocycles. The maximum absolute atomic E-state index is 13.7. The Morgan fingerprint density at radius 1 is 1.37 bits per heavy atom. The fourth-order valence-electron chi connectivity index (χ4n) is 1.91. The summed E-state index contributed by atoms with van der Waals surface area (Å²) in [6.45, 7) is 6.09. The molecule has 0 amide bonds. The third-order valence-electron chi connectivity index (χ3n) is 2.95. The smallest absolute Gasteiger partial charge is 0.128 e. The summed E-state index contributed by atoms with van der Waals surface area (Å²) in [6.07, 6.45) is 1.94. The first-order valence-corrected chi connectivity index (χ1v) is 6.65. The summed E-state index contributed by atoms with van der Waals surface area (Å²) >= 11 is 5.88. The fraction of sp³-hybridized carbons (Fsp3) is 0.357. The van der Waals surface area contributed by atoms with Crippen molar-refractivity contribution < 1.29 is 4.39 Å². The zero-order chi connectivity index (χ0) is 13.8. The van der Waals surface area contributed by atoms with Crippen LogP contribution in [0.25, 0.3) is 0 Å². The van der Waals surface area contributed by atoms with Crippen LogP contribution in [0.1, 0.15) is 23.7 Å². The van der Waals surface area contributed by atoms with Crippen molar-refractivity contribution in [3.05, 3.63) is 52.1 Å². The summed E-state index contributed by atoms with van der Waals surface area (Å²) in [5.74, 6) is -0.259. The normalized spacial score (nSPS) is 10.9. The van der Waals surface area contributed by atoms with Gasteiger partial charge in [0.25, 0.3) is 0 Å². The Bertz CT molecular complexity index is 566. The second-order valence-corrected chi connectivity index (χ2v) is 4.89. The van der Waals surface area contributed by atoms with Crippen LogP contribution in [0.5, 0.6) is 0 Å². The summed E-state index contributed by atoms with van der Waals surface area (Å²) in [5.41, 5.74) is 2.64. The molecule has 0 aliphatic carbocycles. The molecule has 19 heavy (non-hydrogen) atoms. The highest BCUT2D eigenvalue weighted by Gasteiger charge is 2.08.